The second-order valence-electron chi connectivity index (χ2n) is 11.4. The van der Waals surface area contributed by atoms with Crippen LogP contribution in [0.3, 0.4) is 0 Å². The van der Waals surface area contributed by atoms with Crippen LogP contribution in [0.15, 0.2) is 30.3 Å². The molecule has 2 aliphatic heterocycles. The van der Waals surface area contributed by atoms with Crippen LogP contribution >= 0.6 is 0 Å². The average Bonchev–Trinajstić information content (AvgIpc) is 2.82. The van der Waals surface area contributed by atoms with Crippen LogP contribution in [0.5, 0.6) is 0 Å². The van der Waals surface area contributed by atoms with Crippen molar-refractivity contribution < 1.29 is 0 Å². The first-order valence-corrected chi connectivity index (χ1v) is 14.2. The maximum Gasteiger partial charge on any atom is 0.0237 e. The number of hydrogen-bond donors (Lipinski definition) is 0. The van der Waals surface area contributed by atoms with E-state index in [2.05, 4.69) is 98.6 Å². The minimum atomic E-state index is 0.639. The molecule has 0 saturated carbocycles. The molecule has 0 N–H and O–H groups in total. The predicted molar refractivity (Wildman–Crippen MR) is 150 cm³/mol. The van der Waals surface area contributed by atoms with Gasteiger partial charge in [0, 0.05) is 43.8 Å². The Hall–Kier alpha value is -0.940. The molecule has 196 valence electrons. The zero-order valence-electron chi connectivity index (χ0n) is 23.7. The molecular weight excluding hydrogens is 416 g/mol. The third-order valence-corrected chi connectivity index (χ3v) is 7.97. The summed E-state index contributed by atoms with van der Waals surface area (Å²) >= 11 is 0. The average molecular weight is 473 g/mol. The van der Waals surface area contributed by atoms with Crippen LogP contribution < -0.4 is 0 Å². The Morgan fingerprint density at radius 1 is 0.853 bits per heavy atom. The van der Waals surface area contributed by atoms with Gasteiger partial charge in [0.2, 0.25) is 0 Å². The molecule has 3 rings (SSSR count). The lowest BCUT2D eigenvalue weighted by Crippen LogP contribution is -2.46. The molecule has 2 saturated heterocycles. The van der Waals surface area contributed by atoms with Gasteiger partial charge in [0.05, 0.1) is 0 Å². The second-order valence-corrected chi connectivity index (χ2v) is 11.4. The van der Waals surface area contributed by atoms with Crippen molar-refractivity contribution >= 4 is 0 Å². The Kier molecular flexibility index (Phi) is 13.7. The molecule has 2 aliphatic rings. The normalized spacial score (nSPS) is 22.4. The van der Waals surface area contributed by atoms with Crippen molar-refractivity contribution in [1.29, 1.82) is 0 Å². The monoisotopic (exact) mass is 472 g/mol. The molecule has 0 aliphatic carbocycles. The summed E-state index contributed by atoms with van der Waals surface area (Å²) in [5.74, 6) is 0. The maximum atomic E-state index is 2.68. The topological polar surface area (TPSA) is 13.0 Å². The molecule has 1 aromatic rings. The van der Waals surface area contributed by atoms with Crippen molar-refractivity contribution in [3.8, 4) is 0 Å². The molecule has 2 atom stereocenters. The number of rotatable bonds is 10. The minimum absolute atomic E-state index is 0.639. The van der Waals surface area contributed by atoms with Crippen molar-refractivity contribution in [2.24, 2.45) is 0 Å². The predicted octanol–water partition coefficient (Wildman–Crippen LogP) is 5.97. The maximum absolute atomic E-state index is 2.68. The zero-order chi connectivity index (χ0) is 24.9. The fraction of sp³-hybridized carbons (Fsp3) is 0.800. The van der Waals surface area contributed by atoms with Crippen molar-refractivity contribution in [3.63, 3.8) is 0 Å². The van der Waals surface area contributed by atoms with E-state index in [1.165, 1.54) is 83.2 Å². The van der Waals surface area contributed by atoms with Gasteiger partial charge in [0.25, 0.3) is 0 Å². The highest BCUT2D eigenvalue weighted by atomic mass is 15.2. The summed E-state index contributed by atoms with van der Waals surface area (Å²) in [5.41, 5.74) is 1.45. The number of nitrogens with zero attached hydrogens (tertiary/aromatic N) is 4. The lowest BCUT2D eigenvalue weighted by atomic mass is 10.0. The van der Waals surface area contributed by atoms with Gasteiger partial charge in [0.15, 0.2) is 0 Å². The first kappa shape index (κ1) is 29.3. The lowest BCUT2D eigenvalue weighted by Gasteiger charge is -2.38. The Morgan fingerprint density at radius 2 is 1.50 bits per heavy atom. The summed E-state index contributed by atoms with van der Waals surface area (Å²) in [6.07, 6.45) is 9.58. The van der Waals surface area contributed by atoms with Crippen LogP contribution in [0.2, 0.25) is 0 Å². The van der Waals surface area contributed by atoms with Gasteiger partial charge in [-0.25, -0.2) is 0 Å². The van der Waals surface area contributed by atoms with Crippen molar-refractivity contribution in [2.75, 3.05) is 46.8 Å². The molecule has 0 amide bonds. The van der Waals surface area contributed by atoms with Crippen molar-refractivity contribution in [2.45, 2.75) is 110 Å². The molecule has 4 nitrogen and oxygen atoms in total. The summed E-state index contributed by atoms with van der Waals surface area (Å²) in [7, 11) is 4.54. The van der Waals surface area contributed by atoms with Gasteiger partial charge in [-0.2, -0.15) is 0 Å². The van der Waals surface area contributed by atoms with Gasteiger partial charge in [-0.15, -0.1) is 0 Å². The van der Waals surface area contributed by atoms with Gasteiger partial charge in [0.1, 0.15) is 0 Å². The molecule has 4 heteroatoms. The van der Waals surface area contributed by atoms with Gasteiger partial charge in [-0.3, -0.25) is 9.80 Å². The Morgan fingerprint density at radius 3 is 2.09 bits per heavy atom. The molecular formula is C30H56N4. The zero-order valence-corrected chi connectivity index (χ0v) is 23.7. The highest BCUT2D eigenvalue weighted by molar-refractivity contribution is 5.14. The van der Waals surface area contributed by atoms with Crippen LogP contribution in [-0.4, -0.2) is 90.6 Å². The van der Waals surface area contributed by atoms with E-state index in [0.717, 1.165) is 18.6 Å². The molecule has 1 aromatic carbocycles. The summed E-state index contributed by atoms with van der Waals surface area (Å²) in [6, 6.07) is 13.7. The highest BCUT2D eigenvalue weighted by Crippen LogP contribution is 2.21. The summed E-state index contributed by atoms with van der Waals surface area (Å²) in [5, 5.41) is 0. The Bertz CT molecular complexity index is 630. The van der Waals surface area contributed by atoms with E-state index in [0.29, 0.717) is 12.1 Å². The quantitative estimate of drug-likeness (QED) is 0.416. The number of piperidine rings is 2. The van der Waals surface area contributed by atoms with E-state index in [9.17, 15) is 0 Å². The minimum Gasteiger partial charge on any atom is -0.302 e. The summed E-state index contributed by atoms with van der Waals surface area (Å²) < 4.78 is 0. The molecule has 2 fully saturated rings. The van der Waals surface area contributed by atoms with Crippen molar-refractivity contribution in [3.05, 3.63) is 35.9 Å². The van der Waals surface area contributed by atoms with Gasteiger partial charge >= 0.3 is 0 Å². The standard InChI is InChI=1S/C17H28N2.C13H28N2/c1-15(2)18(3)14-17-11-7-8-12-19(17)13-16-9-5-4-6-10-16;1-5-9-15(12(2)3)11-13-8-6-7-10-14(13)4/h4-6,9-10,15,17H,7-8,11-14H2,1-3H3;12-13H,5-11H2,1-4H3. The smallest absolute Gasteiger partial charge is 0.0237 e. The van der Waals surface area contributed by atoms with Gasteiger partial charge < -0.3 is 9.80 Å². The molecule has 34 heavy (non-hydrogen) atoms. The molecule has 0 radical (unpaired) electrons. The third-order valence-electron chi connectivity index (χ3n) is 7.97. The van der Waals surface area contributed by atoms with Gasteiger partial charge in [-0.1, -0.05) is 50.1 Å². The van der Waals surface area contributed by atoms with E-state index < -0.39 is 0 Å². The molecule has 2 unspecified atom stereocenters. The molecule has 2 heterocycles. The second kappa shape index (κ2) is 15.9. The van der Waals surface area contributed by atoms with Gasteiger partial charge in [-0.05, 0) is 99.1 Å². The van der Waals surface area contributed by atoms with Crippen LogP contribution in [-0.2, 0) is 6.54 Å². The van der Waals surface area contributed by atoms with Crippen LogP contribution in [0.25, 0.3) is 0 Å². The fourth-order valence-corrected chi connectivity index (χ4v) is 5.33. The van der Waals surface area contributed by atoms with E-state index in [1.807, 2.05) is 0 Å². The SMILES string of the molecule is CC(C)N(C)CC1CCCCN1Cc1ccccc1.CCCN(CC1CCCCN1C)C(C)C. The van der Waals surface area contributed by atoms with E-state index in [1.54, 1.807) is 0 Å². The number of likely N-dealkylation sites (N-methyl/N-ethyl adjacent to an activating group) is 2. The van der Waals surface area contributed by atoms with Crippen molar-refractivity contribution in [1.82, 2.24) is 19.6 Å². The first-order valence-electron chi connectivity index (χ1n) is 14.2. The lowest BCUT2D eigenvalue weighted by molar-refractivity contribution is 0.0971. The Balaban J connectivity index is 0.000000248. The molecule has 0 spiro atoms. The Labute approximate surface area is 212 Å². The first-order chi connectivity index (χ1) is 16.3. The number of hydrogen-bond acceptors (Lipinski definition) is 4. The number of likely N-dealkylation sites (tertiary alicyclic amines) is 2. The van der Waals surface area contributed by atoms with E-state index in [4.69, 9.17) is 0 Å². The van der Waals surface area contributed by atoms with E-state index >= 15 is 0 Å². The van der Waals surface area contributed by atoms with Crippen LogP contribution in [0.1, 0.15) is 85.1 Å². The summed E-state index contributed by atoms with van der Waals surface area (Å²) in [6.45, 7) is 18.9. The molecule has 0 aromatic heterocycles. The largest absolute Gasteiger partial charge is 0.302 e. The molecule has 0 bridgehead atoms. The fourth-order valence-electron chi connectivity index (χ4n) is 5.33. The summed E-state index contributed by atoms with van der Waals surface area (Å²) in [4.78, 5) is 10.3. The third kappa shape index (κ3) is 10.4. The highest BCUT2D eigenvalue weighted by Gasteiger charge is 2.24. The van der Waals surface area contributed by atoms with Crippen LogP contribution in [0, 0.1) is 0 Å². The van der Waals surface area contributed by atoms with Crippen LogP contribution in [0.4, 0.5) is 0 Å². The number of benzene rings is 1. The van der Waals surface area contributed by atoms with E-state index in [-0.39, 0.29) is 0 Å².